The largest absolute Gasteiger partial charge is 0.374 e. The zero-order chi connectivity index (χ0) is 13.3. The Hall–Kier alpha value is -1.48. The first-order valence-electron chi connectivity index (χ1n) is 5.35. The number of hydrogen-bond donors (Lipinski definition) is 0. The van der Waals surface area contributed by atoms with Gasteiger partial charge in [-0.15, -0.1) is 0 Å². The molecule has 0 bridgehead atoms. The highest BCUT2D eigenvalue weighted by Crippen LogP contribution is 2.11. The van der Waals surface area contributed by atoms with Crippen LogP contribution >= 0.6 is 0 Å². The first-order valence-corrected chi connectivity index (χ1v) is 6.69. The highest BCUT2D eigenvalue weighted by Gasteiger charge is 2.29. The second kappa shape index (κ2) is 4.65. The maximum atomic E-state index is 12.7. The molecule has 0 N–H and O–H groups in total. The van der Waals surface area contributed by atoms with Crippen LogP contribution in [0, 0.1) is 0 Å². The van der Waals surface area contributed by atoms with Crippen molar-refractivity contribution in [2.24, 2.45) is 7.05 Å². The monoisotopic (exact) mass is 276 g/mol. The van der Waals surface area contributed by atoms with Crippen LogP contribution in [0.15, 0.2) is 12.4 Å². The van der Waals surface area contributed by atoms with E-state index in [2.05, 4.69) is 5.10 Å². The van der Waals surface area contributed by atoms with Gasteiger partial charge in [-0.05, 0) is 0 Å². The molecule has 18 heavy (non-hydrogen) atoms. The summed E-state index contributed by atoms with van der Waals surface area (Å²) < 4.78 is 36.3. The fourth-order valence-corrected chi connectivity index (χ4v) is 2.42. The summed E-state index contributed by atoms with van der Waals surface area (Å²) >= 11 is 0. The molecule has 1 aliphatic heterocycles. The molecule has 0 saturated carbocycles. The second-order valence-corrected chi connectivity index (χ2v) is 5.38. The van der Waals surface area contributed by atoms with Gasteiger partial charge in [0.25, 0.3) is 5.91 Å². The molecule has 1 aromatic rings. The molecule has 0 unspecified atom stereocenters. The maximum absolute atomic E-state index is 12.7. The summed E-state index contributed by atoms with van der Waals surface area (Å²) in [5.41, 5.74) is 0.439. The zero-order valence-electron chi connectivity index (χ0n) is 9.78. The predicted octanol–water partition coefficient (Wildman–Crippen LogP) is -0.608. The Morgan fingerprint density at radius 2 is 1.94 bits per heavy atom. The number of halogens is 1. The molecule has 1 aromatic heterocycles. The number of carbonyl (C=O) groups is 1. The number of piperazine rings is 1. The van der Waals surface area contributed by atoms with Gasteiger partial charge < -0.3 is 4.90 Å². The van der Waals surface area contributed by atoms with E-state index in [-0.39, 0.29) is 32.1 Å². The first-order chi connectivity index (χ1) is 8.38. The number of amides is 1. The summed E-state index contributed by atoms with van der Waals surface area (Å²) in [4.78, 5) is 13.5. The molecule has 2 heterocycles. The summed E-state index contributed by atoms with van der Waals surface area (Å²) in [5.74, 6) is -0.223. The molecule has 1 fully saturated rings. The first kappa shape index (κ1) is 13.0. The molecule has 0 atom stereocenters. The SMILES string of the molecule is Cn1cc(C(=O)N2CCN(S(=O)(=O)F)CC2)cn1. The van der Waals surface area contributed by atoms with Crippen molar-refractivity contribution in [2.45, 2.75) is 0 Å². The summed E-state index contributed by atoms with van der Waals surface area (Å²) in [6.07, 6.45) is 3.03. The predicted molar refractivity (Wildman–Crippen MR) is 60.7 cm³/mol. The quantitative estimate of drug-likeness (QED) is 0.675. The summed E-state index contributed by atoms with van der Waals surface area (Å²) in [7, 11) is -2.96. The van der Waals surface area contributed by atoms with Crippen molar-refractivity contribution < 1.29 is 17.1 Å². The van der Waals surface area contributed by atoms with E-state index in [0.29, 0.717) is 5.56 Å². The summed E-state index contributed by atoms with van der Waals surface area (Å²) in [6.45, 7) is 0.309. The summed E-state index contributed by atoms with van der Waals surface area (Å²) in [5, 5.41) is 3.89. The van der Waals surface area contributed by atoms with Gasteiger partial charge in [-0.1, -0.05) is 3.89 Å². The lowest BCUT2D eigenvalue weighted by Gasteiger charge is -2.31. The van der Waals surface area contributed by atoms with E-state index in [1.54, 1.807) is 13.2 Å². The minimum absolute atomic E-state index is 0.0230. The van der Waals surface area contributed by atoms with E-state index >= 15 is 0 Å². The highest BCUT2D eigenvalue weighted by atomic mass is 32.3. The van der Waals surface area contributed by atoms with Crippen molar-refractivity contribution in [1.82, 2.24) is 19.0 Å². The highest BCUT2D eigenvalue weighted by molar-refractivity contribution is 7.83. The van der Waals surface area contributed by atoms with E-state index < -0.39 is 10.4 Å². The van der Waals surface area contributed by atoms with Crippen LogP contribution in [0.2, 0.25) is 0 Å². The molecular weight excluding hydrogens is 263 g/mol. The average molecular weight is 276 g/mol. The van der Waals surface area contributed by atoms with Crippen LogP contribution in [0.3, 0.4) is 0 Å². The van der Waals surface area contributed by atoms with E-state index in [9.17, 15) is 17.1 Å². The fourth-order valence-electron chi connectivity index (χ4n) is 1.82. The molecule has 0 aliphatic carbocycles. The van der Waals surface area contributed by atoms with Crippen LogP contribution in [0.25, 0.3) is 0 Å². The van der Waals surface area contributed by atoms with Crippen molar-refractivity contribution in [2.75, 3.05) is 26.2 Å². The van der Waals surface area contributed by atoms with E-state index in [1.165, 1.54) is 15.8 Å². The number of aryl methyl sites for hydroxylation is 1. The molecule has 0 radical (unpaired) electrons. The molecule has 1 saturated heterocycles. The van der Waals surface area contributed by atoms with Gasteiger partial charge in [0.05, 0.1) is 11.8 Å². The van der Waals surface area contributed by atoms with Gasteiger partial charge in [0, 0.05) is 39.4 Å². The van der Waals surface area contributed by atoms with Gasteiger partial charge in [-0.3, -0.25) is 9.48 Å². The third-order valence-electron chi connectivity index (χ3n) is 2.79. The Morgan fingerprint density at radius 3 is 2.39 bits per heavy atom. The van der Waals surface area contributed by atoms with Crippen molar-refractivity contribution in [3.63, 3.8) is 0 Å². The minimum atomic E-state index is -4.66. The molecule has 1 aliphatic rings. The van der Waals surface area contributed by atoms with Crippen LogP contribution in [0.4, 0.5) is 3.89 Å². The van der Waals surface area contributed by atoms with Crippen molar-refractivity contribution in [3.05, 3.63) is 18.0 Å². The Bertz CT molecular complexity index is 548. The standard InChI is InChI=1S/C9H13FN4O3S/c1-12-7-8(6-11-12)9(15)13-2-4-14(5-3-13)18(10,16)17/h6-7H,2-5H2,1H3. The Morgan fingerprint density at radius 1 is 1.33 bits per heavy atom. The van der Waals surface area contributed by atoms with Crippen molar-refractivity contribution in [1.29, 1.82) is 0 Å². The smallest absolute Gasteiger partial charge is 0.336 e. The zero-order valence-corrected chi connectivity index (χ0v) is 10.6. The van der Waals surface area contributed by atoms with Gasteiger partial charge in [-0.2, -0.15) is 17.8 Å². The number of carbonyl (C=O) groups excluding carboxylic acids is 1. The number of aromatic nitrogens is 2. The Kier molecular flexibility index (Phi) is 3.35. The molecule has 7 nitrogen and oxygen atoms in total. The van der Waals surface area contributed by atoms with Gasteiger partial charge in [0.15, 0.2) is 0 Å². The molecule has 0 aromatic carbocycles. The molecule has 2 rings (SSSR count). The topological polar surface area (TPSA) is 75.5 Å². The lowest BCUT2D eigenvalue weighted by molar-refractivity contribution is 0.0695. The lowest BCUT2D eigenvalue weighted by Crippen LogP contribution is -2.49. The molecule has 0 spiro atoms. The van der Waals surface area contributed by atoms with E-state index in [4.69, 9.17) is 0 Å². The van der Waals surface area contributed by atoms with Crippen LogP contribution in [-0.4, -0.2) is 59.5 Å². The second-order valence-electron chi connectivity index (χ2n) is 4.04. The average Bonchev–Trinajstić information content (AvgIpc) is 2.74. The van der Waals surface area contributed by atoms with Crippen molar-refractivity contribution >= 4 is 16.3 Å². The van der Waals surface area contributed by atoms with Gasteiger partial charge in [0.2, 0.25) is 0 Å². The molecule has 100 valence electrons. The van der Waals surface area contributed by atoms with Crippen LogP contribution in [-0.2, 0) is 17.5 Å². The third kappa shape index (κ3) is 2.67. The maximum Gasteiger partial charge on any atom is 0.374 e. The molecular formula is C9H13FN4O3S. The van der Waals surface area contributed by atoms with Crippen LogP contribution < -0.4 is 0 Å². The number of hydrogen-bond acceptors (Lipinski definition) is 4. The van der Waals surface area contributed by atoms with Gasteiger partial charge in [0.1, 0.15) is 0 Å². The molecule has 9 heteroatoms. The lowest BCUT2D eigenvalue weighted by atomic mass is 10.2. The van der Waals surface area contributed by atoms with Gasteiger partial charge in [-0.25, -0.2) is 0 Å². The van der Waals surface area contributed by atoms with Crippen LogP contribution in [0.1, 0.15) is 10.4 Å². The Labute approximate surface area is 104 Å². The van der Waals surface area contributed by atoms with Gasteiger partial charge >= 0.3 is 10.4 Å². The number of rotatable bonds is 2. The molecule has 1 amide bonds. The van der Waals surface area contributed by atoms with E-state index in [0.717, 1.165) is 4.31 Å². The van der Waals surface area contributed by atoms with E-state index in [1.807, 2.05) is 0 Å². The summed E-state index contributed by atoms with van der Waals surface area (Å²) in [6, 6.07) is 0. The normalized spacial score (nSPS) is 18.0. The number of nitrogens with zero attached hydrogens (tertiary/aromatic N) is 4. The minimum Gasteiger partial charge on any atom is -0.336 e. The fraction of sp³-hybridized carbons (Fsp3) is 0.556. The van der Waals surface area contributed by atoms with Crippen LogP contribution in [0.5, 0.6) is 0 Å². The van der Waals surface area contributed by atoms with Crippen molar-refractivity contribution in [3.8, 4) is 0 Å². The Balaban J connectivity index is 2.00. The third-order valence-corrected chi connectivity index (χ3v) is 3.77.